The molecule has 0 aliphatic carbocycles. The lowest BCUT2D eigenvalue weighted by molar-refractivity contribution is 0.675. The molecule has 0 radical (unpaired) electrons. The summed E-state index contributed by atoms with van der Waals surface area (Å²) >= 11 is 0. The third-order valence-corrected chi connectivity index (χ3v) is 1.21. The molecule has 0 amide bonds. The highest BCUT2D eigenvalue weighted by molar-refractivity contribution is 5.02. The van der Waals surface area contributed by atoms with Gasteiger partial charge in [-0.05, 0) is 5.53 Å². The second-order valence-corrected chi connectivity index (χ2v) is 1.86. The Kier molecular flexibility index (Phi) is 2.13. The van der Waals surface area contributed by atoms with Crippen LogP contribution in [0.1, 0.15) is 0 Å². The molecule has 0 fully saturated rings. The van der Waals surface area contributed by atoms with Gasteiger partial charge in [-0.25, -0.2) is 0 Å². The van der Waals surface area contributed by atoms with Crippen molar-refractivity contribution in [2.24, 2.45) is 5.11 Å². The van der Waals surface area contributed by atoms with Crippen LogP contribution >= 0.6 is 0 Å². The first kappa shape index (κ1) is 6.13. The third-order valence-electron chi connectivity index (χ3n) is 1.21. The van der Waals surface area contributed by atoms with Crippen LogP contribution in [0.3, 0.4) is 0 Å². The predicted octanol–water partition coefficient (Wildman–Crippen LogP) is 0.825. The minimum atomic E-state index is 0.265. The number of hydrogen-bond donors (Lipinski definition) is 1. The molecule has 4 nitrogen and oxygen atoms in total. The van der Waals surface area contributed by atoms with E-state index in [1.165, 1.54) is 0 Å². The Labute approximate surface area is 53.2 Å². The minimum Gasteiger partial charge on any atom is -0.307 e. The maximum absolute atomic E-state index is 7.93. The molecule has 0 bridgehead atoms. The Hall–Kier alpha value is -0.990. The summed E-state index contributed by atoms with van der Waals surface area (Å²) in [6.45, 7) is 1.42. The molecule has 1 heterocycles. The molecule has 1 rings (SSSR count). The van der Waals surface area contributed by atoms with Crippen molar-refractivity contribution in [1.82, 2.24) is 5.32 Å². The van der Waals surface area contributed by atoms with Gasteiger partial charge in [-0.2, -0.15) is 0 Å². The topological polar surface area (TPSA) is 60.8 Å². The SMILES string of the molecule is [N-]=[N+]=NCC1C=CCN1. The maximum atomic E-state index is 7.93. The fourth-order valence-electron chi connectivity index (χ4n) is 0.770. The summed E-state index contributed by atoms with van der Waals surface area (Å²) in [5.74, 6) is 0. The van der Waals surface area contributed by atoms with E-state index in [2.05, 4.69) is 15.3 Å². The predicted molar refractivity (Wildman–Crippen MR) is 34.9 cm³/mol. The van der Waals surface area contributed by atoms with Crippen LogP contribution in [0.5, 0.6) is 0 Å². The molecule has 0 spiro atoms. The lowest BCUT2D eigenvalue weighted by Gasteiger charge is -2.01. The van der Waals surface area contributed by atoms with Crippen molar-refractivity contribution in [2.75, 3.05) is 13.1 Å². The number of nitrogens with one attached hydrogen (secondary N) is 1. The molecule has 1 unspecified atom stereocenters. The van der Waals surface area contributed by atoms with E-state index >= 15 is 0 Å². The summed E-state index contributed by atoms with van der Waals surface area (Å²) in [5, 5.41) is 6.54. The summed E-state index contributed by atoms with van der Waals surface area (Å²) in [7, 11) is 0. The van der Waals surface area contributed by atoms with Gasteiger partial charge in [-0.3, -0.25) is 0 Å². The van der Waals surface area contributed by atoms with Crippen LogP contribution in [0.15, 0.2) is 17.3 Å². The Balaban J connectivity index is 2.27. The normalized spacial score (nSPS) is 23.8. The highest BCUT2D eigenvalue weighted by Crippen LogP contribution is 1.94. The molecule has 0 aromatic carbocycles. The monoisotopic (exact) mass is 124 g/mol. The summed E-state index contributed by atoms with van der Waals surface area (Å²) < 4.78 is 0. The van der Waals surface area contributed by atoms with Gasteiger partial charge >= 0.3 is 0 Å². The van der Waals surface area contributed by atoms with Gasteiger partial charge in [0, 0.05) is 24.0 Å². The first-order chi connectivity index (χ1) is 4.43. The van der Waals surface area contributed by atoms with Gasteiger partial charge in [0.15, 0.2) is 0 Å². The largest absolute Gasteiger partial charge is 0.307 e. The maximum Gasteiger partial charge on any atom is 0.0448 e. The van der Waals surface area contributed by atoms with E-state index in [0.29, 0.717) is 6.54 Å². The molecule has 48 valence electrons. The first-order valence-electron chi connectivity index (χ1n) is 2.84. The summed E-state index contributed by atoms with van der Waals surface area (Å²) in [4.78, 5) is 2.65. The second kappa shape index (κ2) is 3.12. The first-order valence-corrected chi connectivity index (χ1v) is 2.84. The Bertz CT molecular complexity index is 156. The third kappa shape index (κ3) is 1.76. The van der Waals surface area contributed by atoms with E-state index in [0.717, 1.165) is 6.54 Å². The van der Waals surface area contributed by atoms with E-state index in [-0.39, 0.29) is 6.04 Å². The van der Waals surface area contributed by atoms with Crippen LogP contribution in [0.2, 0.25) is 0 Å². The van der Waals surface area contributed by atoms with Crippen LogP contribution in [-0.4, -0.2) is 19.1 Å². The fourth-order valence-corrected chi connectivity index (χ4v) is 0.770. The van der Waals surface area contributed by atoms with Crippen LogP contribution in [0.4, 0.5) is 0 Å². The molecule has 9 heavy (non-hydrogen) atoms. The van der Waals surface area contributed by atoms with Crippen LogP contribution in [-0.2, 0) is 0 Å². The van der Waals surface area contributed by atoms with Crippen LogP contribution in [0.25, 0.3) is 10.4 Å². The molecular formula is C5H8N4. The summed E-state index contributed by atoms with van der Waals surface area (Å²) in [6, 6.07) is 0.265. The van der Waals surface area contributed by atoms with E-state index in [4.69, 9.17) is 5.53 Å². The Morgan fingerprint density at radius 1 is 1.89 bits per heavy atom. The van der Waals surface area contributed by atoms with Crippen molar-refractivity contribution in [3.05, 3.63) is 22.6 Å². The smallest absolute Gasteiger partial charge is 0.0448 e. The van der Waals surface area contributed by atoms with Gasteiger partial charge in [-0.15, -0.1) is 0 Å². The molecular weight excluding hydrogens is 116 g/mol. The Morgan fingerprint density at radius 2 is 2.78 bits per heavy atom. The average Bonchev–Trinajstić information content (AvgIpc) is 2.34. The zero-order valence-corrected chi connectivity index (χ0v) is 4.99. The summed E-state index contributed by atoms with van der Waals surface area (Å²) in [5.41, 5.74) is 7.93. The number of nitrogens with zero attached hydrogens (tertiary/aromatic N) is 3. The van der Waals surface area contributed by atoms with Crippen molar-refractivity contribution in [3.63, 3.8) is 0 Å². The van der Waals surface area contributed by atoms with Crippen molar-refractivity contribution < 1.29 is 0 Å². The number of rotatable bonds is 2. The van der Waals surface area contributed by atoms with Crippen molar-refractivity contribution in [3.8, 4) is 0 Å². The van der Waals surface area contributed by atoms with E-state index in [1.807, 2.05) is 12.2 Å². The van der Waals surface area contributed by atoms with Gasteiger partial charge in [0.2, 0.25) is 0 Å². The Morgan fingerprint density at radius 3 is 3.33 bits per heavy atom. The van der Waals surface area contributed by atoms with Crippen molar-refractivity contribution in [1.29, 1.82) is 0 Å². The molecule has 1 atom stereocenters. The van der Waals surface area contributed by atoms with Crippen LogP contribution in [0, 0.1) is 0 Å². The molecule has 1 aliphatic rings. The van der Waals surface area contributed by atoms with E-state index in [1.54, 1.807) is 0 Å². The molecule has 0 aromatic heterocycles. The van der Waals surface area contributed by atoms with Gasteiger partial charge in [0.25, 0.3) is 0 Å². The van der Waals surface area contributed by atoms with E-state index in [9.17, 15) is 0 Å². The minimum absolute atomic E-state index is 0.265. The highest BCUT2D eigenvalue weighted by atomic mass is 15.1. The van der Waals surface area contributed by atoms with Gasteiger partial charge < -0.3 is 5.32 Å². The molecule has 0 saturated carbocycles. The summed E-state index contributed by atoms with van der Waals surface area (Å²) in [6.07, 6.45) is 4.03. The van der Waals surface area contributed by atoms with E-state index < -0.39 is 0 Å². The fraction of sp³-hybridized carbons (Fsp3) is 0.600. The molecule has 1 N–H and O–H groups in total. The standard InChI is InChI=1S/C5H8N4/c6-9-8-4-5-2-1-3-7-5/h1-2,5,7H,3-4H2. The lowest BCUT2D eigenvalue weighted by Crippen LogP contribution is -2.24. The highest BCUT2D eigenvalue weighted by Gasteiger charge is 2.04. The van der Waals surface area contributed by atoms with Crippen molar-refractivity contribution in [2.45, 2.75) is 6.04 Å². The average molecular weight is 124 g/mol. The van der Waals surface area contributed by atoms with Gasteiger partial charge in [-0.1, -0.05) is 17.3 Å². The zero-order chi connectivity index (χ0) is 6.53. The number of azide groups is 1. The van der Waals surface area contributed by atoms with Crippen LogP contribution < -0.4 is 5.32 Å². The van der Waals surface area contributed by atoms with Gasteiger partial charge in [0.1, 0.15) is 0 Å². The lowest BCUT2D eigenvalue weighted by atomic mass is 10.3. The quantitative estimate of drug-likeness (QED) is 0.252. The molecule has 1 aliphatic heterocycles. The molecule has 4 heteroatoms. The molecule has 0 saturated heterocycles. The molecule has 0 aromatic rings. The second-order valence-electron chi connectivity index (χ2n) is 1.86. The zero-order valence-electron chi connectivity index (χ0n) is 4.99. The van der Waals surface area contributed by atoms with Gasteiger partial charge in [0.05, 0.1) is 0 Å². The number of hydrogen-bond acceptors (Lipinski definition) is 2. The van der Waals surface area contributed by atoms with Crippen molar-refractivity contribution >= 4 is 0 Å².